The molecule has 2 amide bonds. The molecule has 0 bridgehead atoms. The summed E-state index contributed by atoms with van der Waals surface area (Å²) in [6, 6.07) is 17.8. The van der Waals surface area contributed by atoms with Crippen LogP contribution in [0.1, 0.15) is 16.5 Å². The highest BCUT2D eigenvalue weighted by molar-refractivity contribution is 7.99. The molecule has 7 heteroatoms. The van der Waals surface area contributed by atoms with Crippen molar-refractivity contribution in [1.29, 1.82) is 0 Å². The molecule has 0 saturated carbocycles. The highest BCUT2D eigenvalue weighted by Crippen LogP contribution is 2.43. The van der Waals surface area contributed by atoms with Crippen LogP contribution in [0, 0.1) is 0 Å². The van der Waals surface area contributed by atoms with Gasteiger partial charge in [-0.05, 0) is 11.1 Å². The number of benzene rings is 2. The summed E-state index contributed by atoms with van der Waals surface area (Å²) in [6.07, 6.45) is 0.314. The number of esters is 1. The van der Waals surface area contributed by atoms with E-state index in [4.69, 9.17) is 4.74 Å². The second-order valence-corrected chi connectivity index (χ2v) is 8.22. The van der Waals surface area contributed by atoms with Gasteiger partial charge in [-0.25, -0.2) is 4.79 Å². The first-order chi connectivity index (χ1) is 14.1. The Balaban J connectivity index is 1.59. The van der Waals surface area contributed by atoms with Crippen molar-refractivity contribution in [2.45, 2.75) is 23.9 Å². The van der Waals surface area contributed by atoms with Gasteiger partial charge in [-0.15, -0.1) is 11.8 Å². The second kappa shape index (κ2) is 8.29. The van der Waals surface area contributed by atoms with Crippen molar-refractivity contribution in [3.8, 4) is 0 Å². The van der Waals surface area contributed by atoms with E-state index in [1.165, 1.54) is 12.0 Å². The van der Waals surface area contributed by atoms with Crippen LogP contribution in [-0.2, 0) is 25.5 Å². The van der Waals surface area contributed by atoms with E-state index in [1.54, 1.807) is 16.7 Å². The molecular weight excluding hydrogens is 388 g/mol. The van der Waals surface area contributed by atoms with Gasteiger partial charge >= 0.3 is 5.97 Å². The number of fused-ring (bicyclic) bond motifs is 1. The predicted octanol–water partition coefficient (Wildman–Crippen LogP) is 2.26. The van der Waals surface area contributed by atoms with Crippen molar-refractivity contribution in [2.24, 2.45) is 0 Å². The van der Waals surface area contributed by atoms with E-state index in [2.05, 4.69) is 0 Å². The maximum atomic E-state index is 13.3. The maximum absolute atomic E-state index is 13.3. The van der Waals surface area contributed by atoms with Gasteiger partial charge in [0, 0.05) is 12.2 Å². The monoisotopic (exact) mass is 410 g/mol. The average molecular weight is 410 g/mol. The van der Waals surface area contributed by atoms with Crippen molar-refractivity contribution in [1.82, 2.24) is 9.80 Å². The van der Waals surface area contributed by atoms with Gasteiger partial charge < -0.3 is 14.5 Å². The van der Waals surface area contributed by atoms with Crippen molar-refractivity contribution in [2.75, 3.05) is 19.4 Å². The number of rotatable bonds is 5. The van der Waals surface area contributed by atoms with E-state index < -0.39 is 18.1 Å². The van der Waals surface area contributed by atoms with Crippen molar-refractivity contribution in [3.05, 3.63) is 71.8 Å². The minimum Gasteiger partial charge on any atom is -0.467 e. The van der Waals surface area contributed by atoms with Crippen LogP contribution in [0.5, 0.6) is 0 Å². The summed E-state index contributed by atoms with van der Waals surface area (Å²) in [5.41, 5.74) is 1.91. The minimum absolute atomic E-state index is 0.119. The van der Waals surface area contributed by atoms with Crippen LogP contribution in [0.2, 0.25) is 0 Å². The fraction of sp³-hybridized carbons (Fsp3) is 0.318. The molecule has 0 N–H and O–H groups in total. The minimum atomic E-state index is -0.818. The molecule has 2 fully saturated rings. The largest absolute Gasteiger partial charge is 0.467 e. The molecule has 0 spiro atoms. The van der Waals surface area contributed by atoms with Crippen LogP contribution >= 0.6 is 11.8 Å². The standard InChI is InChI=1S/C22H22N2O4S/c1-28-22(27)17(12-15-8-4-2-5-9-15)23-13-19(25)24-18(20(23)26)14-29-21(24)16-10-6-3-7-11-16/h2-11,17-18,21H,12-14H2,1H3/t17?,18-,21+/m0/s1. The molecular formula is C22H22N2O4S. The number of methoxy groups -OCH3 is 1. The number of nitrogens with zero attached hydrogens (tertiary/aromatic N) is 2. The Morgan fingerprint density at radius 3 is 2.41 bits per heavy atom. The quantitative estimate of drug-likeness (QED) is 0.708. The SMILES string of the molecule is COC(=O)C(Cc1ccccc1)N1CC(=O)N2[C@@H](c3ccccc3)SC[C@H]2C1=O. The van der Waals surface area contributed by atoms with Crippen LogP contribution in [0.25, 0.3) is 0 Å². The molecule has 0 radical (unpaired) electrons. The Bertz CT molecular complexity index is 906. The first-order valence-electron chi connectivity index (χ1n) is 9.50. The van der Waals surface area contributed by atoms with Crippen molar-refractivity contribution in [3.63, 3.8) is 0 Å². The second-order valence-electron chi connectivity index (χ2n) is 7.11. The molecule has 0 aliphatic carbocycles. The van der Waals surface area contributed by atoms with Crippen molar-refractivity contribution >= 4 is 29.5 Å². The van der Waals surface area contributed by atoms with Gasteiger partial charge in [-0.2, -0.15) is 0 Å². The Labute approximate surface area is 173 Å². The summed E-state index contributed by atoms with van der Waals surface area (Å²) in [5, 5.41) is -0.175. The summed E-state index contributed by atoms with van der Waals surface area (Å²) >= 11 is 1.58. The Morgan fingerprint density at radius 1 is 1.10 bits per heavy atom. The van der Waals surface area contributed by atoms with E-state index in [0.717, 1.165) is 11.1 Å². The summed E-state index contributed by atoms with van der Waals surface area (Å²) in [4.78, 5) is 41.9. The first-order valence-corrected chi connectivity index (χ1v) is 10.5. The van der Waals surface area contributed by atoms with Gasteiger partial charge in [0.1, 0.15) is 24.0 Å². The molecule has 2 aliphatic heterocycles. The number of piperazine rings is 1. The number of carbonyl (C=O) groups excluding carboxylic acids is 3. The molecule has 6 nitrogen and oxygen atoms in total. The molecule has 2 aromatic rings. The number of ether oxygens (including phenoxy) is 1. The van der Waals surface area contributed by atoms with E-state index in [9.17, 15) is 14.4 Å². The lowest BCUT2D eigenvalue weighted by Gasteiger charge is -2.41. The Morgan fingerprint density at radius 2 is 1.76 bits per heavy atom. The molecule has 1 unspecified atom stereocenters. The van der Waals surface area contributed by atoms with E-state index in [0.29, 0.717) is 12.2 Å². The molecule has 3 atom stereocenters. The van der Waals surface area contributed by atoms with Gasteiger partial charge in [0.05, 0.1) is 7.11 Å². The van der Waals surface area contributed by atoms with Gasteiger partial charge in [0.25, 0.3) is 0 Å². The molecule has 2 saturated heterocycles. The van der Waals surface area contributed by atoms with E-state index in [1.807, 2.05) is 60.7 Å². The normalized spacial score (nSPS) is 22.4. The van der Waals surface area contributed by atoms with Crippen LogP contribution in [0.15, 0.2) is 60.7 Å². The first kappa shape index (κ1) is 19.5. The summed E-state index contributed by atoms with van der Waals surface area (Å²) in [5.74, 6) is -0.328. The lowest BCUT2D eigenvalue weighted by Crippen LogP contribution is -2.62. The zero-order chi connectivity index (χ0) is 20.4. The summed E-state index contributed by atoms with van der Waals surface area (Å²) in [7, 11) is 1.31. The predicted molar refractivity (Wildman–Crippen MR) is 110 cm³/mol. The van der Waals surface area contributed by atoms with Crippen LogP contribution in [0.3, 0.4) is 0 Å². The summed E-state index contributed by atoms with van der Waals surface area (Å²) < 4.78 is 4.96. The van der Waals surface area contributed by atoms with Gasteiger partial charge in [-0.1, -0.05) is 60.7 Å². The molecule has 29 heavy (non-hydrogen) atoms. The van der Waals surface area contributed by atoms with Gasteiger partial charge in [-0.3, -0.25) is 9.59 Å². The third-order valence-corrected chi connectivity index (χ3v) is 6.69. The topological polar surface area (TPSA) is 66.9 Å². The maximum Gasteiger partial charge on any atom is 0.328 e. The highest BCUT2D eigenvalue weighted by Gasteiger charge is 2.50. The molecule has 2 aromatic carbocycles. The van der Waals surface area contributed by atoms with E-state index >= 15 is 0 Å². The Kier molecular flexibility index (Phi) is 5.58. The number of amides is 2. The molecule has 4 rings (SSSR count). The molecule has 150 valence electrons. The van der Waals surface area contributed by atoms with Crippen LogP contribution < -0.4 is 0 Å². The zero-order valence-corrected chi connectivity index (χ0v) is 16.9. The zero-order valence-electron chi connectivity index (χ0n) is 16.1. The molecule has 0 aromatic heterocycles. The number of hydrogen-bond donors (Lipinski definition) is 0. The Hall–Kier alpha value is -2.80. The number of carbonyl (C=O) groups is 3. The smallest absolute Gasteiger partial charge is 0.328 e. The number of hydrogen-bond acceptors (Lipinski definition) is 5. The number of thioether (sulfide) groups is 1. The third-order valence-electron chi connectivity index (χ3n) is 5.37. The third kappa shape index (κ3) is 3.74. The van der Waals surface area contributed by atoms with Gasteiger partial charge in [0.2, 0.25) is 11.8 Å². The van der Waals surface area contributed by atoms with Crippen LogP contribution in [-0.4, -0.2) is 59.1 Å². The molecule has 2 aliphatic rings. The fourth-order valence-corrected chi connectivity index (χ4v) is 5.37. The lowest BCUT2D eigenvalue weighted by atomic mass is 10.0. The van der Waals surface area contributed by atoms with Gasteiger partial charge in [0.15, 0.2) is 0 Å². The summed E-state index contributed by atoms with van der Waals surface area (Å²) in [6.45, 7) is -0.119. The van der Waals surface area contributed by atoms with Crippen molar-refractivity contribution < 1.29 is 19.1 Å². The van der Waals surface area contributed by atoms with E-state index in [-0.39, 0.29) is 23.7 Å². The average Bonchev–Trinajstić information content (AvgIpc) is 3.22. The lowest BCUT2D eigenvalue weighted by molar-refractivity contribution is -0.163. The fourth-order valence-electron chi connectivity index (χ4n) is 3.93. The molecule has 2 heterocycles. The highest BCUT2D eigenvalue weighted by atomic mass is 32.2. The van der Waals surface area contributed by atoms with Crippen LogP contribution in [0.4, 0.5) is 0 Å².